The minimum Gasteiger partial charge on any atom is -0.370 e. The minimum atomic E-state index is -0.304. The molecule has 72 valence electrons. The maximum atomic E-state index is 10.6. The van der Waals surface area contributed by atoms with E-state index in [4.69, 9.17) is 5.73 Å². The first-order chi connectivity index (χ1) is 6.09. The molecule has 1 unspecified atom stereocenters. The quantitative estimate of drug-likeness (QED) is 0.693. The first-order valence-electron chi connectivity index (χ1n) is 4.12. The first-order valence-corrected chi connectivity index (χ1v) is 4.12. The normalized spacial score (nSPS) is 12.5. The van der Waals surface area contributed by atoms with Crippen molar-refractivity contribution in [3.8, 4) is 0 Å². The Hall–Kier alpha value is -1.52. The zero-order chi connectivity index (χ0) is 9.84. The van der Waals surface area contributed by atoms with Gasteiger partial charge in [-0.1, -0.05) is 0 Å². The molecule has 3 N–H and O–H groups in total. The van der Waals surface area contributed by atoms with E-state index in [-0.39, 0.29) is 11.9 Å². The summed E-state index contributed by atoms with van der Waals surface area (Å²) in [4.78, 5) is 10.6. The number of nitrogens with zero attached hydrogens (tertiary/aromatic N) is 2. The van der Waals surface area contributed by atoms with Crippen molar-refractivity contribution >= 4 is 11.7 Å². The summed E-state index contributed by atoms with van der Waals surface area (Å²) in [6.07, 6.45) is 2.02. The Morgan fingerprint density at radius 1 is 1.85 bits per heavy atom. The van der Waals surface area contributed by atoms with Crippen molar-refractivity contribution in [3.05, 3.63) is 12.3 Å². The van der Waals surface area contributed by atoms with Gasteiger partial charge in [-0.15, -0.1) is 0 Å². The van der Waals surface area contributed by atoms with Crippen LogP contribution in [0, 0.1) is 0 Å². The van der Waals surface area contributed by atoms with Gasteiger partial charge in [0.05, 0.1) is 6.20 Å². The van der Waals surface area contributed by atoms with Crippen LogP contribution in [0.25, 0.3) is 0 Å². The fourth-order valence-corrected chi connectivity index (χ4v) is 1.12. The van der Waals surface area contributed by atoms with Crippen molar-refractivity contribution in [2.24, 2.45) is 12.8 Å². The Bertz CT molecular complexity index is 294. The summed E-state index contributed by atoms with van der Waals surface area (Å²) < 4.78 is 1.71. The van der Waals surface area contributed by atoms with Gasteiger partial charge in [0.25, 0.3) is 0 Å². The summed E-state index contributed by atoms with van der Waals surface area (Å²) >= 11 is 0. The van der Waals surface area contributed by atoms with Crippen molar-refractivity contribution in [1.82, 2.24) is 9.78 Å². The van der Waals surface area contributed by atoms with Gasteiger partial charge in [0.15, 0.2) is 0 Å². The molecule has 0 aromatic carbocycles. The molecule has 0 radical (unpaired) electrons. The highest BCUT2D eigenvalue weighted by atomic mass is 16.1. The van der Waals surface area contributed by atoms with Crippen LogP contribution in [0.15, 0.2) is 12.3 Å². The first kappa shape index (κ1) is 9.57. The van der Waals surface area contributed by atoms with E-state index in [0.717, 1.165) is 5.82 Å². The van der Waals surface area contributed by atoms with Gasteiger partial charge in [0.1, 0.15) is 5.82 Å². The van der Waals surface area contributed by atoms with E-state index in [0.29, 0.717) is 6.42 Å². The van der Waals surface area contributed by atoms with Gasteiger partial charge in [-0.05, 0) is 6.92 Å². The van der Waals surface area contributed by atoms with Crippen molar-refractivity contribution in [2.75, 3.05) is 5.32 Å². The molecule has 0 aliphatic rings. The van der Waals surface area contributed by atoms with Crippen LogP contribution >= 0.6 is 0 Å². The third-order valence-electron chi connectivity index (χ3n) is 1.72. The molecule has 0 aliphatic heterocycles. The Morgan fingerprint density at radius 3 is 3.00 bits per heavy atom. The minimum absolute atomic E-state index is 0.0351. The average Bonchev–Trinajstić information content (AvgIpc) is 2.34. The Morgan fingerprint density at radius 2 is 2.54 bits per heavy atom. The lowest BCUT2D eigenvalue weighted by atomic mass is 10.2. The molecular weight excluding hydrogens is 168 g/mol. The molecule has 1 amide bonds. The average molecular weight is 182 g/mol. The van der Waals surface area contributed by atoms with Crippen LogP contribution in [-0.2, 0) is 11.8 Å². The number of hydrogen-bond donors (Lipinski definition) is 2. The van der Waals surface area contributed by atoms with Crippen LogP contribution in [0.2, 0.25) is 0 Å². The number of aromatic nitrogens is 2. The van der Waals surface area contributed by atoms with E-state index in [1.165, 1.54) is 0 Å². The van der Waals surface area contributed by atoms with Gasteiger partial charge in [-0.3, -0.25) is 9.48 Å². The molecular formula is C8H14N4O. The molecule has 0 aliphatic carbocycles. The molecule has 1 rings (SSSR count). The number of carbonyl (C=O) groups excluding carboxylic acids is 1. The third kappa shape index (κ3) is 2.77. The topological polar surface area (TPSA) is 72.9 Å². The molecule has 13 heavy (non-hydrogen) atoms. The number of carbonyl (C=O) groups is 1. The van der Waals surface area contributed by atoms with Crippen LogP contribution in [-0.4, -0.2) is 21.7 Å². The van der Waals surface area contributed by atoms with Crippen LogP contribution < -0.4 is 11.1 Å². The van der Waals surface area contributed by atoms with Crippen LogP contribution in [0.3, 0.4) is 0 Å². The van der Waals surface area contributed by atoms with Gasteiger partial charge in [0, 0.05) is 25.6 Å². The summed E-state index contributed by atoms with van der Waals surface area (Å²) in [5, 5.41) is 7.11. The van der Waals surface area contributed by atoms with Gasteiger partial charge < -0.3 is 11.1 Å². The molecule has 5 nitrogen and oxygen atoms in total. The monoisotopic (exact) mass is 182 g/mol. The zero-order valence-electron chi connectivity index (χ0n) is 7.82. The number of primary amides is 1. The second-order valence-electron chi connectivity index (χ2n) is 3.06. The zero-order valence-corrected chi connectivity index (χ0v) is 7.82. The molecule has 1 heterocycles. The van der Waals surface area contributed by atoms with E-state index in [9.17, 15) is 4.79 Å². The largest absolute Gasteiger partial charge is 0.370 e. The van der Waals surface area contributed by atoms with Crippen molar-refractivity contribution in [1.29, 1.82) is 0 Å². The summed E-state index contributed by atoms with van der Waals surface area (Å²) in [5.74, 6) is 0.580. The number of aryl methyl sites for hydroxylation is 1. The molecule has 0 saturated carbocycles. The highest BCUT2D eigenvalue weighted by Gasteiger charge is 2.06. The maximum Gasteiger partial charge on any atom is 0.219 e. The summed E-state index contributed by atoms with van der Waals surface area (Å²) in [6, 6.07) is 1.88. The van der Waals surface area contributed by atoms with Crippen LogP contribution in [0.1, 0.15) is 13.3 Å². The number of amides is 1. The van der Waals surface area contributed by atoms with Crippen LogP contribution in [0.4, 0.5) is 5.82 Å². The Labute approximate surface area is 76.9 Å². The van der Waals surface area contributed by atoms with Gasteiger partial charge >= 0.3 is 0 Å². The highest BCUT2D eigenvalue weighted by Crippen LogP contribution is 2.06. The second kappa shape index (κ2) is 3.93. The highest BCUT2D eigenvalue weighted by molar-refractivity contribution is 5.74. The van der Waals surface area contributed by atoms with Crippen molar-refractivity contribution < 1.29 is 4.79 Å². The summed E-state index contributed by atoms with van der Waals surface area (Å²) in [7, 11) is 1.83. The Kier molecular flexibility index (Phi) is 2.89. The summed E-state index contributed by atoms with van der Waals surface area (Å²) in [5.41, 5.74) is 5.06. The molecule has 0 saturated heterocycles. The molecule has 1 aromatic rings. The third-order valence-corrected chi connectivity index (χ3v) is 1.72. The standard InChI is InChI=1S/C8H14N4O/c1-6(5-7(9)13)11-8-3-4-10-12(8)2/h3-4,6,11H,5H2,1-2H3,(H2,9,13). The lowest BCUT2D eigenvalue weighted by Crippen LogP contribution is -2.24. The van der Waals surface area contributed by atoms with E-state index in [2.05, 4.69) is 10.4 Å². The molecule has 0 spiro atoms. The van der Waals surface area contributed by atoms with E-state index in [1.807, 2.05) is 20.0 Å². The van der Waals surface area contributed by atoms with Crippen molar-refractivity contribution in [2.45, 2.75) is 19.4 Å². The predicted molar refractivity (Wildman–Crippen MR) is 50.1 cm³/mol. The molecule has 0 fully saturated rings. The summed E-state index contributed by atoms with van der Waals surface area (Å²) in [6.45, 7) is 1.90. The van der Waals surface area contributed by atoms with Crippen molar-refractivity contribution in [3.63, 3.8) is 0 Å². The number of nitrogens with one attached hydrogen (secondary N) is 1. The number of rotatable bonds is 4. The maximum absolute atomic E-state index is 10.6. The number of nitrogens with two attached hydrogens (primary N) is 1. The molecule has 5 heteroatoms. The van der Waals surface area contributed by atoms with E-state index < -0.39 is 0 Å². The fourth-order valence-electron chi connectivity index (χ4n) is 1.12. The molecule has 1 aromatic heterocycles. The lowest BCUT2D eigenvalue weighted by molar-refractivity contribution is -0.118. The van der Waals surface area contributed by atoms with Gasteiger partial charge in [0.2, 0.25) is 5.91 Å². The molecule has 1 atom stereocenters. The fraction of sp³-hybridized carbons (Fsp3) is 0.500. The lowest BCUT2D eigenvalue weighted by Gasteiger charge is -2.12. The number of anilines is 1. The SMILES string of the molecule is CC(CC(N)=O)Nc1ccnn1C. The molecule has 0 bridgehead atoms. The predicted octanol–water partition coefficient (Wildman–Crippen LogP) is 0.0959. The van der Waals surface area contributed by atoms with Gasteiger partial charge in [-0.25, -0.2) is 0 Å². The smallest absolute Gasteiger partial charge is 0.219 e. The van der Waals surface area contributed by atoms with E-state index >= 15 is 0 Å². The second-order valence-corrected chi connectivity index (χ2v) is 3.06. The number of hydrogen-bond acceptors (Lipinski definition) is 3. The van der Waals surface area contributed by atoms with Crippen LogP contribution in [0.5, 0.6) is 0 Å². The van der Waals surface area contributed by atoms with Gasteiger partial charge in [-0.2, -0.15) is 5.10 Å². The van der Waals surface area contributed by atoms with E-state index in [1.54, 1.807) is 10.9 Å². The Balaban J connectivity index is 2.49.